The molecule has 5 aliphatic heterocycles. The number of carbonyl (C=O) groups excluding carboxylic acids is 2. The van der Waals surface area contributed by atoms with Gasteiger partial charge in [0.05, 0.1) is 77.6 Å². The van der Waals surface area contributed by atoms with Gasteiger partial charge in [0.15, 0.2) is 36.7 Å². The number of methoxy groups -OCH3 is 1. The van der Waals surface area contributed by atoms with Crippen LogP contribution in [0.1, 0.15) is 102 Å². The molecule has 1 aliphatic carbocycles. The normalized spacial score (nSPS) is 42.5. The number of rotatable bonds is 15. The van der Waals surface area contributed by atoms with Crippen LogP contribution in [0.5, 0.6) is 17.2 Å². The van der Waals surface area contributed by atoms with Gasteiger partial charge in [-0.2, -0.15) is 0 Å². The lowest BCUT2D eigenvalue weighted by atomic mass is 9.75. The van der Waals surface area contributed by atoms with Crippen LogP contribution in [-0.4, -0.2) is 222 Å². The molecule has 0 aromatic heterocycles. The third-order valence-corrected chi connectivity index (χ3v) is 15.9. The number of benzene rings is 2. The summed E-state index contributed by atoms with van der Waals surface area (Å²) in [6, 6.07) is 3.03. The summed E-state index contributed by atoms with van der Waals surface area (Å²) < 4.78 is 66.5. The molecule has 2 aromatic rings. The van der Waals surface area contributed by atoms with Gasteiger partial charge in [0, 0.05) is 50.7 Å². The zero-order valence-electron chi connectivity index (χ0n) is 44.0. The first kappa shape index (κ1) is 58.8. The summed E-state index contributed by atoms with van der Waals surface area (Å²) in [4.78, 5) is 28.9. The summed E-state index contributed by atoms with van der Waals surface area (Å²) in [6.45, 7) is 12.1. The lowest BCUT2D eigenvalue weighted by molar-refractivity contribution is -0.334. The molecule has 5 heterocycles. The predicted octanol–water partition coefficient (Wildman–Crippen LogP) is -0.249. The van der Waals surface area contributed by atoms with Crippen molar-refractivity contribution in [1.29, 1.82) is 0 Å². The van der Waals surface area contributed by atoms with Crippen LogP contribution in [0.25, 0.3) is 10.8 Å². The van der Waals surface area contributed by atoms with E-state index in [2.05, 4.69) is 0 Å². The van der Waals surface area contributed by atoms with Crippen molar-refractivity contribution in [2.45, 2.75) is 241 Å². The number of ketones is 2. The highest BCUT2D eigenvalue weighted by Gasteiger charge is 2.51. The number of aliphatic hydroxyl groups excluding tert-OH is 8. The molecule has 0 spiro atoms. The maximum absolute atomic E-state index is 15.0. The van der Waals surface area contributed by atoms with Gasteiger partial charge in [0.1, 0.15) is 66.1 Å². The largest absolute Gasteiger partial charge is 0.507 e. The molecule has 24 nitrogen and oxygen atoms in total. The highest BCUT2D eigenvalue weighted by molar-refractivity contribution is 6.11. The molecule has 6 aliphatic rings. The molecule has 24 heteroatoms. The molecule has 25 atom stereocenters. The number of hydrogen-bond acceptors (Lipinski definition) is 24. The van der Waals surface area contributed by atoms with E-state index >= 15 is 4.79 Å². The first-order valence-corrected chi connectivity index (χ1v) is 26.0. The Labute approximate surface area is 439 Å². The number of fused-ring (bicyclic) bond motifs is 2. The smallest absolute Gasteiger partial charge is 0.202 e. The Morgan fingerprint density at radius 2 is 1.17 bits per heavy atom. The van der Waals surface area contributed by atoms with Crippen LogP contribution in [0.2, 0.25) is 0 Å². The van der Waals surface area contributed by atoms with Crippen LogP contribution >= 0.6 is 0 Å². The fraction of sp³-hybridized carbons (Fsp3) is 0.769. The zero-order valence-corrected chi connectivity index (χ0v) is 44.0. The average Bonchev–Trinajstić information content (AvgIpc) is 3.38. The minimum atomic E-state index is -1.95. The maximum Gasteiger partial charge on any atom is 0.202 e. The lowest BCUT2D eigenvalue weighted by Crippen LogP contribution is -2.58. The number of aliphatic hydroxyl groups is 9. The van der Waals surface area contributed by atoms with E-state index in [1.807, 2.05) is 0 Å². The van der Waals surface area contributed by atoms with Crippen molar-refractivity contribution in [3.8, 4) is 17.2 Å². The van der Waals surface area contributed by atoms with Crippen molar-refractivity contribution >= 4 is 22.3 Å². The quantitative estimate of drug-likeness (QED) is 0.110. The van der Waals surface area contributed by atoms with Gasteiger partial charge in [-0.25, -0.2) is 0 Å². The van der Waals surface area contributed by atoms with Crippen molar-refractivity contribution in [1.82, 2.24) is 0 Å². The van der Waals surface area contributed by atoms with Crippen LogP contribution in [0.3, 0.4) is 0 Å². The van der Waals surface area contributed by atoms with Crippen molar-refractivity contribution in [2.24, 2.45) is 5.92 Å². The maximum atomic E-state index is 15.0. The molecule has 2 aromatic carbocycles. The number of aromatic hydroxyl groups is 2. The van der Waals surface area contributed by atoms with E-state index in [0.29, 0.717) is 0 Å². The van der Waals surface area contributed by atoms with E-state index in [1.54, 1.807) is 27.7 Å². The first-order chi connectivity index (χ1) is 35.7. The van der Waals surface area contributed by atoms with Gasteiger partial charge < -0.3 is 108 Å². The molecule has 0 amide bonds. The van der Waals surface area contributed by atoms with Crippen LogP contribution < -0.4 is 4.74 Å². The Kier molecular flexibility index (Phi) is 18.1. The lowest BCUT2D eigenvalue weighted by Gasteiger charge is -2.46. The van der Waals surface area contributed by atoms with Crippen LogP contribution in [0.15, 0.2) is 12.1 Å². The number of carbonyl (C=O) groups is 2. The second-order valence-corrected chi connectivity index (χ2v) is 21.7. The second-order valence-electron chi connectivity index (χ2n) is 21.7. The number of phenolic OH excluding ortho intramolecular Hbond substituents is 2. The van der Waals surface area contributed by atoms with Gasteiger partial charge in [-0.1, -0.05) is 0 Å². The Bertz CT molecular complexity index is 2350. The molecular formula is C52H76O24. The molecule has 8 rings (SSSR count). The minimum Gasteiger partial charge on any atom is -0.507 e. The fourth-order valence-corrected chi connectivity index (χ4v) is 11.3. The Balaban J connectivity index is 1.04. The van der Waals surface area contributed by atoms with Gasteiger partial charge in [0.2, 0.25) is 6.29 Å². The molecule has 76 heavy (non-hydrogen) atoms. The second kappa shape index (κ2) is 23.4. The van der Waals surface area contributed by atoms with E-state index in [4.69, 9.17) is 52.1 Å². The fourth-order valence-electron chi connectivity index (χ4n) is 11.3. The average molecular weight is 1090 g/mol. The molecule has 5 saturated heterocycles. The van der Waals surface area contributed by atoms with Gasteiger partial charge in [-0.15, -0.1) is 0 Å². The molecule has 5 fully saturated rings. The zero-order chi connectivity index (χ0) is 55.6. The van der Waals surface area contributed by atoms with Gasteiger partial charge in [-0.05, 0) is 84.9 Å². The summed E-state index contributed by atoms with van der Waals surface area (Å²) in [5, 5.41) is 120. The van der Waals surface area contributed by atoms with Crippen LogP contribution in [0, 0.1) is 12.8 Å². The molecule has 11 N–H and O–H groups in total. The third kappa shape index (κ3) is 11.9. The van der Waals surface area contributed by atoms with Crippen LogP contribution in [0.4, 0.5) is 0 Å². The highest BCUT2D eigenvalue weighted by atomic mass is 16.7. The Morgan fingerprint density at radius 1 is 0.684 bits per heavy atom. The molecule has 0 radical (unpaired) electrons. The van der Waals surface area contributed by atoms with Gasteiger partial charge >= 0.3 is 0 Å². The van der Waals surface area contributed by atoms with E-state index in [0.717, 1.165) is 0 Å². The summed E-state index contributed by atoms with van der Waals surface area (Å²) in [5.41, 5.74) is -1.47. The molecular weight excluding hydrogens is 1010 g/mol. The standard InChI is InChI=1S/C52H76O24/c1-18-29(72-34-14-30(43(58)21(4)68-34)73-33-13-28(54)42(57)20(3)67-33)12-26-10-25-11-27(49(66-9)48(63)41(56)19(2)53)50(47(62)39(25)46(61)38(26)40(18)55)76-36-16-31(44(59)23(6)70-36)74-35-15-32(45(60)22(5)69-35)75-37-17-52(8,65)51(64)24(7)71-37/h10,12,19-24,27-28,30-37,41-45,49-51,53-61,64-65H,11,13-17H2,1-9H3/t19-,20-,21-,22-,23-,24-,27+,28-,30-,31-,32-,33+,34+,35+,36+,37+,41+,42-,43-,44-,45+,49+,50-,51-,52+/m1/s1. The van der Waals surface area contributed by atoms with Crippen molar-refractivity contribution in [2.75, 3.05) is 7.11 Å². The summed E-state index contributed by atoms with van der Waals surface area (Å²) in [7, 11) is 1.18. The molecule has 428 valence electrons. The SMILES string of the molecule is CO[C@H](C(=O)[C@@H](O)[C@@H](C)O)[C@@H]1Cc2cc3cc(O[C@H]4C[C@@H](O[C@H]5C[C@@H](O)[C@H](O)[C@@H](C)O5)[C@H](O)[C@@H](C)O4)c(C)c(O)c3c(O)c2C(=O)[C@@H]1O[C@H]1C[C@@H](O[C@H]2C[C@@H](O[C@H]3C[C@](C)(O)[C@H](O)[C@@H](C)O3)[C@@H](O)[C@@H](C)O2)[C@H](O)[C@@H](C)O1. The monoisotopic (exact) mass is 1080 g/mol. The Morgan fingerprint density at radius 3 is 1.70 bits per heavy atom. The van der Waals surface area contributed by atoms with E-state index < -0.39 is 176 Å². The number of phenols is 2. The van der Waals surface area contributed by atoms with Crippen LogP contribution in [-0.2, 0) is 58.6 Å². The van der Waals surface area contributed by atoms with Crippen molar-refractivity contribution in [3.05, 3.63) is 28.8 Å². The highest BCUT2D eigenvalue weighted by Crippen LogP contribution is 2.47. The summed E-state index contributed by atoms with van der Waals surface area (Å²) >= 11 is 0. The summed E-state index contributed by atoms with van der Waals surface area (Å²) in [6.07, 6.45) is -27.0. The summed E-state index contributed by atoms with van der Waals surface area (Å²) in [5.74, 6) is -4.07. The van der Waals surface area contributed by atoms with Gasteiger partial charge in [-0.3, -0.25) is 9.59 Å². The molecule has 0 bridgehead atoms. The van der Waals surface area contributed by atoms with E-state index in [9.17, 15) is 61.0 Å². The minimum absolute atomic E-state index is 0.0365. The Hall–Kier alpha value is -3.32. The predicted molar refractivity (Wildman–Crippen MR) is 259 cm³/mol. The van der Waals surface area contributed by atoms with Gasteiger partial charge in [0.25, 0.3) is 0 Å². The van der Waals surface area contributed by atoms with E-state index in [1.165, 1.54) is 46.9 Å². The topological polar surface area (TPSA) is 358 Å². The number of Topliss-reactive ketones (excluding diaryl/α,β-unsaturated/α-hetero) is 2. The third-order valence-electron chi connectivity index (χ3n) is 15.9. The van der Waals surface area contributed by atoms with Crippen molar-refractivity contribution < 1.29 is 118 Å². The number of ether oxygens (including phenoxy) is 11. The molecule has 0 saturated carbocycles. The van der Waals surface area contributed by atoms with Crippen molar-refractivity contribution in [3.63, 3.8) is 0 Å². The van der Waals surface area contributed by atoms with E-state index in [-0.39, 0.29) is 71.7 Å². The number of hydrogen-bond donors (Lipinski definition) is 11. The first-order valence-electron chi connectivity index (χ1n) is 26.0. The molecule has 0 unspecified atom stereocenters.